The molecular formula is C12H18N2O2. The molecule has 2 N–H and O–H groups in total. The van der Waals surface area contributed by atoms with E-state index in [1.165, 1.54) is 19.3 Å². The van der Waals surface area contributed by atoms with Crippen molar-refractivity contribution >= 4 is 5.97 Å². The summed E-state index contributed by atoms with van der Waals surface area (Å²) in [5.74, 6) is -1.13. The second-order valence-electron chi connectivity index (χ2n) is 4.40. The smallest absolute Gasteiger partial charge is 0.312 e. The van der Waals surface area contributed by atoms with Gasteiger partial charge in [-0.3, -0.25) is 4.79 Å². The van der Waals surface area contributed by atoms with Crippen LogP contribution in [0, 0.1) is 0 Å². The second-order valence-corrected chi connectivity index (χ2v) is 4.40. The highest BCUT2D eigenvalue weighted by molar-refractivity contribution is 5.76. The largest absolute Gasteiger partial charge is 0.481 e. The molecule has 0 saturated carbocycles. The average Bonchev–Trinajstić information content (AvgIpc) is 2.80. The first-order chi connectivity index (χ1) is 7.77. The van der Waals surface area contributed by atoms with Crippen LogP contribution in [0.1, 0.15) is 30.7 Å². The van der Waals surface area contributed by atoms with Crippen LogP contribution in [0.5, 0.6) is 0 Å². The van der Waals surface area contributed by atoms with Crippen molar-refractivity contribution in [1.29, 1.82) is 0 Å². The van der Waals surface area contributed by atoms with E-state index >= 15 is 0 Å². The fraction of sp³-hybridized carbons (Fsp3) is 0.583. The van der Waals surface area contributed by atoms with Gasteiger partial charge >= 0.3 is 5.97 Å². The summed E-state index contributed by atoms with van der Waals surface area (Å²) in [5.41, 5.74) is 0.873. The van der Waals surface area contributed by atoms with Crippen molar-refractivity contribution in [3.05, 3.63) is 24.0 Å². The van der Waals surface area contributed by atoms with Gasteiger partial charge in [0.2, 0.25) is 0 Å². The lowest BCUT2D eigenvalue weighted by Gasteiger charge is -2.28. The number of piperidine rings is 1. The third-order valence-electron chi connectivity index (χ3n) is 3.21. The SMILES string of the molecule is O=C(O)C(CN1CCCCC1)c1cc[nH]c1. The first-order valence-corrected chi connectivity index (χ1v) is 5.85. The number of aliphatic carboxylic acids is 1. The molecule has 1 atom stereocenters. The van der Waals surface area contributed by atoms with Crippen molar-refractivity contribution in [3.63, 3.8) is 0 Å². The van der Waals surface area contributed by atoms with Gasteiger partial charge in [-0.25, -0.2) is 0 Å². The number of hydrogen-bond donors (Lipinski definition) is 2. The normalized spacial score (nSPS) is 19.5. The van der Waals surface area contributed by atoms with E-state index in [4.69, 9.17) is 0 Å². The molecule has 0 aliphatic carbocycles. The van der Waals surface area contributed by atoms with E-state index in [0.717, 1.165) is 18.7 Å². The van der Waals surface area contributed by atoms with E-state index in [0.29, 0.717) is 6.54 Å². The quantitative estimate of drug-likeness (QED) is 0.814. The summed E-state index contributed by atoms with van der Waals surface area (Å²) in [7, 11) is 0. The molecule has 1 aromatic rings. The summed E-state index contributed by atoms with van der Waals surface area (Å²) in [6, 6.07) is 1.85. The van der Waals surface area contributed by atoms with Gasteiger partial charge in [-0.1, -0.05) is 6.42 Å². The zero-order chi connectivity index (χ0) is 11.4. The van der Waals surface area contributed by atoms with Gasteiger partial charge in [-0.05, 0) is 37.6 Å². The number of likely N-dealkylation sites (tertiary alicyclic amines) is 1. The van der Waals surface area contributed by atoms with Gasteiger partial charge in [-0.15, -0.1) is 0 Å². The van der Waals surface area contributed by atoms with Crippen LogP contribution in [-0.4, -0.2) is 40.6 Å². The van der Waals surface area contributed by atoms with Gasteiger partial charge in [0, 0.05) is 18.9 Å². The fourth-order valence-corrected chi connectivity index (χ4v) is 2.28. The lowest BCUT2D eigenvalue weighted by atomic mass is 10.0. The van der Waals surface area contributed by atoms with Crippen LogP contribution < -0.4 is 0 Å². The Labute approximate surface area is 95.3 Å². The third-order valence-corrected chi connectivity index (χ3v) is 3.21. The minimum atomic E-state index is -0.731. The standard InChI is InChI=1S/C12H18N2O2/c15-12(16)11(10-4-5-13-8-10)9-14-6-2-1-3-7-14/h4-5,8,11,13H,1-3,6-7,9H2,(H,15,16). The van der Waals surface area contributed by atoms with E-state index in [2.05, 4.69) is 9.88 Å². The summed E-state index contributed by atoms with van der Waals surface area (Å²) in [5, 5.41) is 9.24. The van der Waals surface area contributed by atoms with Gasteiger partial charge in [0.25, 0.3) is 0 Å². The van der Waals surface area contributed by atoms with Gasteiger partial charge in [0.1, 0.15) is 0 Å². The lowest BCUT2D eigenvalue weighted by Crippen LogP contribution is -2.35. The van der Waals surface area contributed by atoms with E-state index in [1.54, 1.807) is 12.4 Å². The first kappa shape index (κ1) is 11.2. The monoisotopic (exact) mass is 222 g/mol. The molecule has 1 fully saturated rings. The van der Waals surface area contributed by atoms with Gasteiger partial charge < -0.3 is 15.0 Å². The van der Waals surface area contributed by atoms with Crippen LogP contribution in [-0.2, 0) is 4.79 Å². The lowest BCUT2D eigenvalue weighted by molar-refractivity contribution is -0.139. The zero-order valence-electron chi connectivity index (χ0n) is 9.35. The van der Waals surface area contributed by atoms with E-state index in [1.807, 2.05) is 6.07 Å². The second kappa shape index (κ2) is 5.16. The van der Waals surface area contributed by atoms with Crippen LogP contribution in [0.3, 0.4) is 0 Å². The number of aromatic nitrogens is 1. The molecular weight excluding hydrogens is 204 g/mol. The summed E-state index contributed by atoms with van der Waals surface area (Å²) >= 11 is 0. The Hall–Kier alpha value is -1.29. The predicted octanol–water partition coefficient (Wildman–Crippen LogP) is 1.67. The molecule has 4 nitrogen and oxygen atoms in total. The molecule has 16 heavy (non-hydrogen) atoms. The zero-order valence-corrected chi connectivity index (χ0v) is 9.35. The Balaban J connectivity index is 2.00. The van der Waals surface area contributed by atoms with Crippen molar-refractivity contribution in [1.82, 2.24) is 9.88 Å². The maximum atomic E-state index is 11.2. The topological polar surface area (TPSA) is 56.3 Å². The number of carboxylic acids is 1. The van der Waals surface area contributed by atoms with Crippen molar-refractivity contribution in [2.75, 3.05) is 19.6 Å². The van der Waals surface area contributed by atoms with E-state index < -0.39 is 11.9 Å². The van der Waals surface area contributed by atoms with Crippen LogP contribution >= 0.6 is 0 Å². The van der Waals surface area contributed by atoms with Gasteiger partial charge in [0.15, 0.2) is 0 Å². The minimum absolute atomic E-state index is 0.399. The van der Waals surface area contributed by atoms with Crippen LogP contribution in [0.15, 0.2) is 18.5 Å². The molecule has 2 rings (SSSR count). The Bertz CT molecular complexity index is 329. The van der Waals surface area contributed by atoms with Gasteiger partial charge in [-0.2, -0.15) is 0 Å². The molecule has 0 radical (unpaired) electrons. The van der Waals surface area contributed by atoms with Crippen molar-refractivity contribution in [2.24, 2.45) is 0 Å². The molecule has 0 bridgehead atoms. The van der Waals surface area contributed by atoms with E-state index in [9.17, 15) is 9.90 Å². The van der Waals surface area contributed by atoms with E-state index in [-0.39, 0.29) is 0 Å². The molecule has 1 aliphatic heterocycles. The number of nitrogens with zero attached hydrogens (tertiary/aromatic N) is 1. The molecule has 0 spiro atoms. The highest BCUT2D eigenvalue weighted by Gasteiger charge is 2.24. The molecule has 88 valence electrons. The highest BCUT2D eigenvalue weighted by atomic mass is 16.4. The summed E-state index contributed by atoms with van der Waals surface area (Å²) in [6.45, 7) is 2.70. The maximum absolute atomic E-state index is 11.2. The molecule has 1 aliphatic rings. The van der Waals surface area contributed by atoms with Crippen LogP contribution in [0.25, 0.3) is 0 Å². The summed E-state index contributed by atoms with van der Waals surface area (Å²) in [4.78, 5) is 16.4. The number of carboxylic acid groups (broad SMARTS) is 1. The first-order valence-electron chi connectivity index (χ1n) is 5.85. The Morgan fingerprint density at radius 2 is 2.19 bits per heavy atom. The van der Waals surface area contributed by atoms with Crippen LogP contribution in [0.2, 0.25) is 0 Å². The van der Waals surface area contributed by atoms with Crippen molar-refractivity contribution in [3.8, 4) is 0 Å². The molecule has 4 heteroatoms. The summed E-state index contributed by atoms with van der Waals surface area (Å²) in [6.07, 6.45) is 7.22. The minimum Gasteiger partial charge on any atom is -0.481 e. The number of nitrogens with one attached hydrogen (secondary N) is 1. The van der Waals surface area contributed by atoms with Crippen molar-refractivity contribution < 1.29 is 9.90 Å². The molecule has 1 saturated heterocycles. The predicted molar refractivity (Wildman–Crippen MR) is 61.5 cm³/mol. The number of H-pyrrole nitrogens is 1. The fourth-order valence-electron chi connectivity index (χ4n) is 2.28. The molecule has 0 amide bonds. The number of carbonyl (C=O) groups is 1. The maximum Gasteiger partial charge on any atom is 0.312 e. The number of rotatable bonds is 4. The van der Waals surface area contributed by atoms with Gasteiger partial charge in [0.05, 0.1) is 5.92 Å². The Morgan fingerprint density at radius 3 is 2.75 bits per heavy atom. The molecule has 0 aromatic carbocycles. The highest BCUT2D eigenvalue weighted by Crippen LogP contribution is 2.19. The third kappa shape index (κ3) is 2.64. The van der Waals surface area contributed by atoms with Crippen molar-refractivity contribution in [2.45, 2.75) is 25.2 Å². The molecule has 1 unspecified atom stereocenters. The molecule has 2 heterocycles. The molecule has 1 aromatic heterocycles. The summed E-state index contributed by atoms with van der Waals surface area (Å²) < 4.78 is 0. The number of aromatic amines is 1. The number of hydrogen-bond acceptors (Lipinski definition) is 2. The Kier molecular flexibility index (Phi) is 3.62. The van der Waals surface area contributed by atoms with Crippen LogP contribution in [0.4, 0.5) is 0 Å². The average molecular weight is 222 g/mol. The Morgan fingerprint density at radius 1 is 1.44 bits per heavy atom.